The van der Waals surface area contributed by atoms with Gasteiger partial charge in [-0.3, -0.25) is 4.79 Å². The summed E-state index contributed by atoms with van der Waals surface area (Å²) in [5.41, 5.74) is 0.660. The summed E-state index contributed by atoms with van der Waals surface area (Å²) >= 11 is 1.48. The summed E-state index contributed by atoms with van der Waals surface area (Å²) in [7, 11) is 0. The number of rotatable bonds is 5. The van der Waals surface area contributed by atoms with E-state index >= 15 is 0 Å². The van der Waals surface area contributed by atoms with Crippen LogP contribution in [0.5, 0.6) is 0 Å². The molecular formula is C18H26FNO2S. The molecule has 5 heteroatoms. The van der Waals surface area contributed by atoms with Crippen LogP contribution in [0.2, 0.25) is 0 Å². The lowest BCUT2D eigenvalue weighted by Crippen LogP contribution is -2.54. The molecule has 128 valence electrons. The van der Waals surface area contributed by atoms with Crippen molar-refractivity contribution in [3.05, 3.63) is 29.8 Å². The fourth-order valence-electron chi connectivity index (χ4n) is 2.59. The first kappa shape index (κ1) is 18.3. The average Bonchev–Trinajstić information content (AvgIpc) is 2.53. The Morgan fingerprint density at radius 3 is 2.39 bits per heavy atom. The largest absolute Gasteiger partial charge is 0.381 e. The number of thioether (sulfide) groups is 1. The Kier molecular flexibility index (Phi) is 6.09. The Morgan fingerprint density at radius 2 is 1.87 bits per heavy atom. The first-order valence-electron chi connectivity index (χ1n) is 8.03. The van der Waals surface area contributed by atoms with Crippen LogP contribution in [0.15, 0.2) is 29.2 Å². The van der Waals surface area contributed by atoms with E-state index < -0.39 is 12.2 Å². The molecule has 1 aliphatic rings. The van der Waals surface area contributed by atoms with Gasteiger partial charge in [0.1, 0.15) is 6.67 Å². The highest BCUT2D eigenvalue weighted by Crippen LogP contribution is 2.26. The molecule has 2 rings (SSSR count). The molecule has 0 unspecified atom stereocenters. The number of alkyl halides is 1. The summed E-state index contributed by atoms with van der Waals surface area (Å²) < 4.78 is 18.6. The van der Waals surface area contributed by atoms with Crippen molar-refractivity contribution in [2.75, 3.05) is 25.6 Å². The van der Waals surface area contributed by atoms with Crippen molar-refractivity contribution in [3.8, 4) is 0 Å². The van der Waals surface area contributed by atoms with Crippen LogP contribution in [0.1, 0.15) is 39.2 Å². The number of halogens is 1. The van der Waals surface area contributed by atoms with Gasteiger partial charge in [0.05, 0.1) is 11.3 Å². The number of hydrogen-bond donors (Lipinski definition) is 1. The predicted molar refractivity (Wildman–Crippen MR) is 92.8 cm³/mol. The highest BCUT2D eigenvalue weighted by atomic mass is 32.2. The van der Waals surface area contributed by atoms with Crippen molar-refractivity contribution in [1.82, 2.24) is 5.32 Å². The minimum Gasteiger partial charge on any atom is -0.381 e. The maximum atomic E-state index is 13.3. The van der Waals surface area contributed by atoms with Gasteiger partial charge in [0.15, 0.2) is 0 Å². The maximum absolute atomic E-state index is 13.3. The molecule has 0 bridgehead atoms. The zero-order chi connectivity index (χ0) is 16.9. The van der Waals surface area contributed by atoms with Crippen molar-refractivity contribution in [2.45, 2.75) is 49.5 Å². The van der Waals surface area contributed by atoms with Crippen LogP contribution < -0.4 is 5.32 Å². The summed E-state index contributed by atoms with van der Waals surface area (Å²) in [5, 5.41) is 2.87. The van der Waals surface area contributed by atoms with E-state index in [9.17, 15) is 9.18 Å². The fraction of sp³-hybridized carbons (Fsp3) is 0.611. The highest BCUT2D eigenvalue weighted by Gasteiger charge is 2.34. The molecular weight excluding hydrogens is 313 g/mol. The molecule has 0 atom stereocenters. The smallest absolute Gasteiger partial charge is 0.230 e. The van der Waals surface area contributed by atoms with E-state index in [-0.39, 0.29) is 11.3 Å². The van der Waals surface area contributed by atoms with Gasteiger partial charge < -0.3 is 10.1 Å². The van der Waals surface area contributed by atoms with E-state index in [4.69, 9.17) is 4.74 Å². The molecule has 0 radical (unpaired) electrons. The number of hydrogen-bond acceptors (Lipinski definition) is 3. The van der Waals surface area contributed by atoms with E-state index in [0.29, 0.717) is 31.8 Å². The van der Waals surface area contributed by atoms with Gasteiger partial charge in [-0.25, -0.2) is 4.39 Å². The molecule has 1 aromatic rings. The molecule has 0 aliphatic carbocycles. The van der Waals surface area contributed by atoms with Gasteiger partial charge in [0.2, 0.25) is 5.91 Å². The molecule has 0 spiro atoms. The van der Waals surface area contributed by atoms with Crippen molar-refractivity contribution in [1.29, 1.82) is 0 Å². The van der Waals surface area contributed by atoms with Gasteiger partial charge in [0.25, 0.3) is 0 Å². The third kappa shape index (κ3) is 5.21. The van der Waals surface area contributed by atoms with Crippen molar-refractivity contribution in [3.63, 3.8) is 0 Å². The summed E-state index contributed by atoms with van der Waals surface area (Å²) in [6.07, 6.45) is 1.08. The molecule has 1 aromatic carbocycles. The van der Waals surface area contributed by atoms with E-state index in [1.165, 1.54) is 17.3 Å². The molecule has 1 aliphatic heterocycles. The number of nitrogens with one attached hydrogen (secondary N) is 1. The quantitative estimate of drug-likeness (QED) is 0.831. The fourth-order valence-corrected chi connectivity index (χ4v) is 3.28. The minimum atomic E-state index is -0.730. The van der Waals surface area contributed by atoms with Gasteiger partial charge in [-0.05, 0) is 36.0 Å². The van der Waals surface area contributed by atoms with Crippen molar-refractivity contribution < 1.29 is 13.9 Å². The molecule has 0 saturated carbocycles. The molecule has 1 saturated heterocycles. The van der Waals surface area contributed by atoms with Gasteiger partial charge in [-0.1, -0.05) is 32.9 Å². The standard InChI is InChI=1S/C18H26FNO2S/c1-17(2,3)14-4-6-15(7-5-14)23-12-16(21)20-18(13-19)8-10-22-11-9-18/h4-7H,8-13H2,1-3H3,(H,20,21). The lowest BCUT2D eigenvalue weighted by atomic mass is 9.87. The average molecular weight is 339 g/mol. The van der Waals surface area contributed by atoms with E-state index in [1.54, 1.807) is 0 Å². The molecule has 1 fully saturated rings. The molecule has 0 aromatic heterocycles. The Hall–Kier alpha value is -1.07. The van der Waals surface area contributed by atoms with E-state index in [1.807, 2.05) is 12.1 Å². The molecule has 23 heavy (non-hydrogen) atoms. The Balaban J connectivity index is 1.86. The number of benzene rings is 1. The number of carbonyl (C=O) groups excluding carboxylic acids is 1. The van der Waals surface area contributed by atoms with Crippen LogP contribution in [0, 0.1) is 0 Å². The molecule has 3 nitrogen and oxygen atoms in total. The molecule has 1 N–H and O–H groups in total. The summed E-state index contributed by atoms with van der Waals surface area (Å²) in [6.45, 7) is 7.00. The normalized spacial score (nSPS) is 17.7. The van der Waals surface area contributed by atoms with Gasteiger partial charge in [-0.15, -0.1) is 11.8 Å². The van der Waals surface area contributed by atoms with Crippen LogP contribution in [0.3, 0.4) is 0 Å². The lowest BCUT2D eigenvalue weighted by molar-refractivity contribution is -0.122. The first-order valence-corrected chi connectivity index (χ1v) is 9.01. The topological polar surface area (TPSA) is 38.3 Å². The second-order valence-electron chi connectivity index (χ2n) is 7.14. The zero-order valence-corrected chi connectivity index (χ0v) is 15.0. The molecule has 1 heterocycles. The Morgan fingerprint density at radius 1 is 1.26 bits per heavy atom. The Labute approximate surface area is 142 Å². The zero-order valence-electron chi connectivity index (χ0n) is 14.2. The van der Waals surface area contributed by atoms with Gasteiger partial charge >= 0.3 is 0 Å². The third-order valence-corrected chi connectivity index (χ3v) is 5.21. The van der Waals surface area contributed by atoms with Crippen LogP contribution in [0.25, 0.3) is 0 Å². The molecule has 1 amide bonds. The van der Waals surface area contributed by atoms with E-state index in [0.717, 1.165) is 4.90 Å². The summed E-state index contributed by atoms with van der Waals surface area (Å²) in [6, 6.07) is 8.28. The summed E-state index contributed by atoms with van der Waals surface area (Å²) in [5.74, 6) is 0.187. The summed E-state index contributed by atoms with van der Waals surface area (Å²) in [4.78, 5) is 13.2. The van der Waals surface area contributed by atoms with E-state index in [2.05, 4.69) is 38.2 Å². The van der Waals surface area contributed by atoms with Gasteiger partial charge in [0, 0.05) is 18.1 Å². The number of amides is 1. The van der Waals surface area contributed by atoms with Crippen LogP contribution in [0.4, 0.5) is 4.39 Å². The van der Waals surface area contributed by atoms with Gasteiger partial charge in [-0.2, -0.15) is 0 Å². The van der Waals surface area contributed by atoms with Crippen molar-refractivity contribution in [2.24, 2.45) is 0 Å². The predicted octanol–water partition coefficient (Wildman–Crippen LogP) is 3.71. The second kappa shape index (κ2) is 7.67. The number of ether oxygens (including phenoxy) is 1. The third-order valence-electron chi connectivity index (χ3n) is 4.20. The maximum Gasteiger partial charge on any atom is 0.230 e. The van der Waals surface area contributed by atoms with Crippen LogP contribution in [-0.2, 0) is 14.9 Å². The monoisotopic (exact) mass is 339 g/mol. The Bertz CT molecular complexity index is 519. The first-order chi connectivity index (χ1) is 10.8. The van der Waals surface area contributed by atoms with Crippen molar-refractivity contribution >= 4 is 17.7 Å². The SMILES string of the molecule is CC(C)(C)c1ccc(SCC(=O)NC2(CF)CCOCC2)cc1. The minimum absolute atomic E-state index is 0.116. The second-order valence-corrected chi connectivity index (χ2v) is 8.19. The number of carbonyl (C=O) groups is 1. The van der Waals surface area contributed by atoms with Crippen LogP contribution >= 0.6 is 11.8 Å². The van der Waals surface area contributed by atoms with Crippen LogP contribution in [-0.4, -0.2) is 37.1 Å². The highest BCUT2D eigenvalue weighted by molar-refractivity contribution is 8.00. The lowest BCUT2D eigenvalue weighted by Gasteiger charge is -2.35.